The zero-order chi connectivity index (χ0) is 17.6. The first kappa shape index (κ1) is 17.6. The third kappa shape index (κ3) is 5.18. The molecule has 0 aliphatic carbocycles. The summed E-state index contributed by atoms with van der Waals surface area (Å²) < 4.78 is 43.2. The standard InChI is InChI=1S/C19H15F3O2/c1-24-17-11-9-15(10-12-17)18(23)16(13-19(20,21)22)8-7-14-5-3-2-4-6-14/h2-6,9-13,18,23H,1H3/b16-13+. The van der Waals surface area contributed by atoms with Crippen molar-refractivity contribution in [1.29, 1.82) is 0 Å². The van der Waals surface area contributed by atoms with Gasteiger partial charge in [0.1, 0.15) is 11.9 Å². The molecule has 2 rings (SSSR count). The van der Waals surface area contributed by atoms with Crippen LogP contribution in [0, 0.1) is 11.8 Å². The van der Waals surface area contributed by atoms with Crippen LogP contribution >= 0.6 is 0 Å². The second kappa shape index (κ2) is 7.71. The molecule has 0 saturated heterocycles. The van der Waals surface area contributed by atoms with Crippen LogP contribution in [0.25, 0.3) is 0 Å². The molecule has 24 heavy (non-hydrogen) atoms. The number of aliphatic hydroxyl groups is 1. The average Bonchev–Trinajstić information content (AvgIpc) is 2.58. The van der Waals surface area contributed by atoms with Gasteiger partial charge in [0.15, 0.2) is 0 Å². The Kier molecular flexibility index (Phi) is 5.67. The summed E-state index contributed by atoms with van der Waals surface area (Å²) in [7, 11) is 1.48. The zero-order valence-corrected chi connectivity index (χ0v) is 12.8. The van der Waals surface area contributed by atoms with E-state index >= 15 is 0 Å². The Morgan fingerprint density at radius 1 is 1.08 bits per heavy atom. The molecule has 5 heteroatoms. The van der Waals surface area contributed by atoms with Crippen molar-refractivity contribution in [3.63, 3.8) is 0 Å². The van der Waals surface area contributed by atoms with Gasteiger partial charge in [0.25, 0.3) is 0 Å². The summed E-state index contributed by atoms with van der Waals surface area (Å²) in [5.74, 6) is 5.61. The lowest BCUT2D eigenvalue weighted by Gasteiger charge is -2.12. The first-order chi connectivity index (χ1) is 11.4. The van der Waals surface area contributed by atoms with E-state index in [4.69, 9.17) is 4.74 Å². The van der Waals surface area contributed by atoms with E-state index in [2.05, 4.69) is 11.8 Å². The topological polar surface area (TPSA) is 29.5 Å². The molecule has 1 unspecified atom stereocenters. The highest BCUT2D eigenvalue weighted by atomic mass is 19.4. The van der Waals surface area contributed by atoms with Gasteiger partial charge in [-0.15, -0.1) is 0 Å². The molecule has 0 aliphatic heterocycles. The fourth-order valence-corrected chi connectivity index (χ4v) is 1.99. The first-order valence-electron chi connectivity index (χ1n) is 7.07. The molecule has 0 aromatic heterocycles. The second-order valence-electron chi connectivity index (χ2n) is 4.93. The molecule has 0 fully saturated rings. The summed E-state index contributed by atoms with van der Waals surface area (Å²) in [6.45, 7) is 0. The number of hydrogen-bond donors (Lipinski definition) is 1. The van der Waals surface area contributed by atoms with E-state index in [1.807, 2.05) is 0 Å². The molecule has 124 valence electrons. The van der Waals surface area contributed by atoms with Crippen molar-refractivity contribution in [2.24, 2.45) is 0 Å². The molecule has 0 saturated carbocycles. The van der Waals surface area contributed by atoms with Gasteiger partial charge in [-0.1, -0.05) is 42.2 Å². The molecule has 0 aliphatic rings. The maximum atomic E-state index is 12.8. The van der Waals surface area contributed by atoms with Gasteiger partial charge in [-0.2, -0.15) is 13.2 Å². The van der Waals surface area contributed by atoms with Gasteiger partial charge >= 0.3 is 6.18 Å². The lowest BCUT2D eigenvalue weighted by molar-refractivity contribution is -0.0810. The molecule has 1 atom stereocenters. The van der Waals surface area contributed by atoms with Crippen LogP contribution in [0.1, 0.15) is 17.2 Å². The number of ether oxygens (including phenoxy) is 1. The van der Waals surface area contributed by atoms with Crippen LogP contribution in [-0.4, -0.2) is 18.4 Å². The lowest BCUT2D eigenvalue weighted by Crippen LogP contribution is -2.08. The highest BCUT2D eigenvalue weighted by molar-refractivity contribution is 5.45. The van der Waals surface area contributed by atoms with E-state index in [9.17, 15) is 18.3 Å². The van der Waals surface area contributed by atoms with Gasteiger partial charge in [-0.25, -0.2) is 0 Å². The summed E-state index contributed by atoms with van der Waals surface area (Å²) in [6.07, 6.45) is -6.03. The molecule has 0 bridgehead atoms. The molecular formula is C19H15F3O2. The molecule has 0 radical (unpaired) electrons. The van der Waals surface area contributed by atoms with E-state index in [1.54, 1.807) is 42.5 Å². The second-order valence-corrected chi connectivity index (χ2v) is 4.93. The molecule has 0 amide bonds. The SMILES string of the molecule is COc1ccc(C(O)/C(C#Cc2ccccc2)=C/C(F)(F)F)cc1. The molecule has 0 heterocycles. The van der Waals surface area contributed by atoms with E-state index in [-0.39, 0.29) is 6.08 Å². The Balaban J connectivity index is 2.35. The number of methoxy groups -OCH3 is 1. The predicted molar refractivity (Wildman–Crippen MR) is 85.4 cm³/mol. The summed E-state index contributed by atoms with van der Waals surface area (Å²) >= 11 is 0. The molecular weight excluding hydrogens is 317 g/mol. The number of alkyl halides is 3. The number of benzene rings is 2. The van der Waals surface area contributed by atoms with Crippen LogP contribution in [0.3, 0.4) is 0 Å². The summed E-state index contributed by atoms with van der Waals surface area (Å²) in [6, 6.07) is 14.7. The fraction of sp³-hybridized carbons (Fsp3) is 0.158. The van der Waals surface area contributed by atoms with Crippen molar-refractivity contribution < 1.29 is 23.0 Å². The lowest BCUT2D eigenvalue weighted by atomic mass is 10.0. The molecule has 0 spiro atoms. The molecule has 1 N–H and O–H groups in total. The van der Waals surface area contributed by atoms with E-state index in [1.165, 1.54) is 19.2 Å². The van der Waals surface area contributed by atoms with Gasteiger partial charge in [-0.05, 0) is 29.8 Å². The third-order valence-corrected chi connectivity index (χ3v) is 3.17. The van der Waals surface area contributed by atoms with Gasteiger partial charge in [0.05, 0.1) is 7.11 Å². The van der Waals surface area contributed by atoms with Crippen LogP contribution in [-0.2, 0) is 0 Å². The highest BCUT2D eigenvalue weighted by Gasteiger charge is 2.27. The maximum Gasteiger partial charge on any atom is 0.410 e. The molecule has 2 nitrogen and oxygen atoms in total. The molecule has 2 aromatic carbocycles. The predicted octanol–water partition coefficient (Wildman–Crippen LogP) is 4.27. The summed E-state index contributed by atoms with van der Waals surface area (Å²) in [5.41, 5.74) is 0.442. The Morgan fingerprint density at radius 2 is 1.71 bits per heavy atom. The van der Waals surface area contributed by atoms with Crippen molar-refractivity contribution in [2.75, 3.05) is 7.11 Å². The number of rotatable bonds is 3. The Labute approximate surface area is 138 Å². The smallest absolute Gasteiger partial charge is 0.410 e. The Hall–Kier alpha value is -2.71. The minimum Gasteiger partial charge on any atom is -0.497 e. The van der Waals surface area contributed by atoms with Gasteiger partial charge in [0, 0.05) is 17.2 Å². The number of aliphatic hydroxyl groups excluding tert-OH is 1. The van der Waals surface area contributed by atoms with Crippen LogP contribution in [0.4, 0.5) is 13.2 Å². The normalized spacial score (nSPS) is 13.0. The van der Waals surface area contributed by atoms with Crippen molar-refractivity contribution in [3.8, 4) is 17.6 Å². The van der Waals surface area contributed by atoms with Crippen LogP contribution < -0.4 is 4.74 Å². The summed E-state index contributed by atoms with van der Waals surface area (Å²) in [4.78, 5) is 0. The fourth-order valence-electron chi connectivity index (χ4n) is 1.99. The van der Waals surface area contributed by atoms with Crippen molar-refractivity contribution in [1.82, 2.24) is 0 Å². The van der Waals surface area contributed by atoms with Crippen molar-refractivity contribution in [3.05, 3.63) is 77.4 Å². The van der Waals surface area contributed by atoms with Crippen molar-refractivity contribution in [2.45, 2.75) is 12.3 Å². The number of halogens is 3. The largest absolute Gasteiger partial charge is 0.497 e. The van der Waals surface area contributed by atoms with E-state index in [0.29, 0.717) is 16.9 Å². The van der Waals surface area contributed by atoms with Gasteiger partial charge < -0.3 is 9.84 Å². The van der Waals surface area contributed by atoms with Gasteiger partial charge in [0.2, 0.25) is 0 Å². The van der Waals surface area contributed by atoms with Gasteiger partial charge in [-0.3, -0.25) is 0 Å². The van der Waals surface area contributed by atoms with E-state index < -0.39 is 17.9 Å². The zero-order valence-electron chi connectivity index (χ0n) is 12.8. The summed E-state index contributed by atoms with van der Waals surface area (Å²) in [5, 5.41) is 10.3. The number of allylic oxidation sites excluding steroid dienone is 1. The van der Waals surface area contributed by atoms with Crippen molar-refractivity contribution >= 4 is 0 Å². The number of hydrogen-bond acceptors (Lipinski definition) is 2. The monoisotopic (exact) mass is 332 g/mol. The average molecular weight is 332 g/mol. The Morgan fingerprint density at radius 3 is 2.25 bits per heavy atom. The molecule has 2 aromatic rings. The van der Waals surface area contributed by atoms with Crippen LogP contribution in [0.15, 0.2) is 66.2 Å². The first-order valence-corrected chi connectivity index (χ1v) is 7.07. The minimum absolute atomic E-state index is 0.0256. The minimum atomic E-state index is -4.58. The third-order valence-electron chi connectivity index (χ3n) is 3.17. The quantitative estimate of drug-likeness (QED) is 0.851. The van der Waals surface area contributed by atoms with E-state index in [0.717, 1.165) is 0 Å². The maximum absolute atomic E-state index is 12.8. The Bertz CT molecular complexity index is 751. The van der Waals surface area contributed by atoms with Crippen LogP contribution in [0.2, 0.25) is 0 Å². The van der Waals surface area contributed by atoms with Crippen LogP contribution in [0.5, 0.6) is 5.75 Å². The highest BCUT2D eigenvalue weighted by Crippen LogP contribution is 2.27.